The van der Waals surface area contributed by atoms with E-state index in [1.165, 1.54) is 5.56 Å². The predicted octanol–water partition coefficient (Wildman–Crippen LogP) is 3.09. The van der Waals surface area contributed by atoms with Crippen LogP contribution < -0.4 is 0 Å². The van der Waals surface area contributed by atoms with Gasteiger partial charge in [0, 0.05) is 6.20 Å². The lowest BCUT2D eigenvalue weighted by Crippen LogP contribution is -2.35. The second kappa shape index (κ2) is 4.68. The van der Waals surface area contributed by atoms with E-state index in [9.17, 15) is 5.11 Å². The Morgan fingerprint density at radius 2 is 1.74 bits per heavy atom. The van der Waals surface area contributed by atoms with E-state index in [1.807, 2.05) is 23.0 Å². The van der Waals surface area contributed by atoms with Gasteiger partial charge in [-0.25, -0.2) is 4.68 Å². The Balaban J connectivity index is 2.23. The van der Waals surface area contributed by atoms with Crippen molar-refractivity contribution < 1.29 is 5.11 Å². The predicted molar refractivity (Wildman–Crippen MR) is 75.1 cm³/mol. The highest BCUT2D eigenvalue weighted by atomic mass is 16.3. The molecule has 0 aliphatic heterocycles. The standard InChI is InChI=1S/C15H21N3O/c1-14(2,12-5-7-13(19)8-6-12)11-15(3,4)18-10-9-16-17-18/h5-10,19H,11H2,1-4H3. The van der Waals surface area contributed by atoms with Crippen molar-refractivity contribution in [2.75, 3.05) is 0 Å². The lowest BCUT2D eigenvalue weighted by Gasteiger charge is -2.35. The minimum absolute atomic E-state index is 0.0108. The molecular weight excluding hydrogens is 238 g/mol. The number of rotatable bonds is 4. The fourth-order valence-electron chi connectivity index (χ4n) is 2.71. The van der Waals surface area contributed by atoms with Crippen molar-refractivity contribution >= 4 is 0 Å². The van der Waals surface area contributed by atoms with E-state index >= 15 is 0 Å². The van der Waals surface area contributed by atoms with Gasteiger partial charge in [-0.15, -0.1) is 5.10 Å². The molecule has 0 saturated carbocycles. The van der Waals surface area contributed by atoms with Gasteiger partial charge in [0.1, 0.15) is 5.75 Å². The third kappa shape index (κ3) is 2.95. The van der Waals surface area contributed by atoms with E-state index in [2.05, 4.69) is 38.0 Å². The molecule has 0 unspecified atom stereocenters. The molecule has 4 heteroatoms. The van der Waals surface area contributed by atoms with Crippen molar-refractivity contribution in [1.82, 2.24) is 15.0 Å². The van der Waals surface area contributed by atoms with Crippen LogP contribution in [0.3, 0.4) is 0 Å². The zero-order valence-electron chi connectivity index (χ0n) is 12.0. The summed E-state index contributed by atoms with van der Waals surface area (Å²) >= 11 is 0. The third-order valence-electron chi connectivity index (χ3n) is 3.57. The first-order valence-corrected chi connectivity index (χ1v) is 6.48. The van der Waals surface area contributed by atoms with Gasteiger partial charge in [0.25, 0.3) is 0 Å². The number of nitrogens with zero attached hydrogens (tertiary/aromatic N) is 3. The molecule has 0 atom stereocenters. The average Bonchev–Trinajstić information content (AvgIpc) is 2.82. The Labute approximate surface area is 114 Å². The second-order valence-corrected chi connectivity index (χ2v) is 6.27. The molecule has 0 fully saturated rings. The number of benzene rings is 1. The summed E-state index contributed by atoms with van der Waals surface area (Å²) in [7, 11) is 0. The molecule has 0 radical (unpaired) electrons. The molecule has 4 nitrogen and oxygen atoms in total. The Morgan fingerprint density at radius 3 is 2.26 bits per heavy atom. The van der Waals surface area contributed by atoms with E-state index in [0.29, 0.717) is 5.75 Å². The fraction of sp³-hybridized carbons (Fsp3) is 0.467. The molecule has 1 heterocycles. The monoisotopic (exact) mass is 259 g/mol. The summed E-state index contributed by atoms with van der Waals surface area (Å²) in [6.45, 7) is 8.73. The Kier molecular flexibility index (Phi) is 3.35. The molecule has 0 saturated heterocycles. The summed E-state index contributed by atoms with van der Waals surface area (Å²) < 4.78 is 1.90. The maximum absolute atomic E-state index is 9.38. The highest BCUT2D eigenvalue weighted by Crippen LogP contribution is 2.35. The van der Waals surface area contributed by atoms with Crippen LogP contribution >= 0.6 is 0 Å². The summed E-state index contributed by atoms with van der Waals surface area (Å²) in [6, 6.07) is 7.43. The Hall–Kier alpha value is -1.84. The van der Waals surface area contributed by atoms with Gasteiger partial charge < -0.3 is 5.11 Å². The first-order chi connectivity index (χ1) is 8.81. The van der Waals surface area contributed by atoms with Crippen molar-refractivity contribution in [3.8, 4) is 5.75 Å². The molecule has 102 valence electrons. The molecular formula is C15H21N3O. The van der Waals surface area contributed by atoms with E-state index in [4.69, 9.17) is 0 Å². The molecule has 2 aromatic rings. The van der Waals surface area contributed by atoms with Gasteiger partial charge in [-0.3, -0.25) is 0 Å². The Bertz CT molecular complexity index is 527. The molecule has 0 bridgehead atoms. The van der Waals surface area contributed by atoms with E-state index in [0.717, 1.165) is 6.42 Å². The largest absolute Gasteiger partial charge is 0.508 e. The highest BCUT2D eigenvalue weighted by Gasteiger charge is 2.32. The van der Waals surface area contributed by atoms with Crippen LogP contribution in [0.4, 0.5) is 0 Å². The molecule has 1 aromatic heterocycles. The minimum atomic E-state index is -0.113. The lowest BCUT2D eigenvalue weighted by atomic mass is 9.75. The average molecular weight is 259 g/mol. The quantitative estimate of drug-likeness (QED) is 0.918. The molecule has 2 rings (SSSR count). The van der Waals surface area contributed by atoms with Gasteiger partial charge in [0.2, 0.25) is 0 Å². The summed E-state index contributed by atoms with van der Waals surface area (Å²) in [5.74, 6) is 0.301. The molecule has 1 N–H and O–H groups in total. The first kappa shape index (κ1) is 13.6. The maximum Gasteiger partial charge on any atom is 0.115 e. The summed E-state index contributed by atoms with van der Waals surface area (Å²) in [6.07, 6.45) is 4.52. The van der Waals surface area contributed by atoms with Crippen LogP contribution in [0.15, 0.2) is 36.7 Å². The first-order valence-electron chi connectivity index (χ1n) is 6.48. The molecule has 1 aromatic carbocycles. The zero-order chi connectivity index (χ0) is 14.1. The number of phenolic OH excluding ortho intramolecular Hbond substituents is 1. The van der Waals surface area contributed by atoms with E-state index in [-0.39, 0.29) is 11.0 Å². The van der Waals surface area contributed by atoms with Crippen LogP contribution in [0.2, 0.25) is 0 Å². The minimum Gasteiger partial charge on any atom is -0.508 e. The third-order valence-corrected chi connectivity index (χ3v) is 3.57. The van der Waals surface area contributed by atoms with Gasteiger partial charge in [0.05, 0.1) is 11.7 Å². The van der Waals surface area contributed by atoms with Crippen molar-refractivity contribution in [1.29, 1.82) is 0 Å². The van der Waals surface area contributed by atoms with Gasteiger partial charge in [-0.1, -0.05) is 31.2 Å². The summed E-state index contributed by atoms with van der Waals surface area (Å²) in [5, 5.41) is 17.4. The Morgan fingerprint density at radius 1 is 1.11 bits per heavy atom. The molecule has 0 spiro atoms. The smallest absolute Gasteiger partial charge is 0.115 e. The summed E-state index contributed by atoms with van der Waals surface area (Å²) in [4.78, 5) is 0. The van der Waals surface area contributed by atoms with Gasteiger partial charge in [-0.05, 0) is 43.4 Å². The van der Waals surface area contributed by atoms with Crippen LogP contribution in [0.25, 0.3) is 0 Å². The van der Waals surface area contributed by atoms with Crippen molar-refractivity contribution in [3.63, 3.8) is 0 Å². The number of aromatic nitrogens is 3. The molecule has 0 aliphatic carbocycles. The zero-order valence-corrected chi connectivity index (χ0v) is 12.0. The van der Waals surface area contributed by atoms with Crippen LogP contribution in [-0.4, -0.2) is 20.1 Å². The van der Waals surface area contributed by atoms with Crippen LogP contribution in [0.5, 0.6) is 5.75 Å². The SMILES string of the molecule is CC(C)(CC(C)(C)n1ccnn1)c1ccc(O)cc1. The van der Waals surface area contributed by atoms with Gasteiger partial charge in [-0.2, -0.15) is 0 Å². The van der Waals surface area contributed by atoms with Crippen LogP contribution in [0.1, 0.15) is 39.7 Å². The maximum atomic E-state index is 9.38. The van der Waals surface area contributed by atoms with Gasteiger partial charge >= 0.3 is 0 Å². The number of aromatic hydroxyl groups is 1. The number of hydrogen-bond donors (Lipinski definition) is 1. The highest BCUT2D eigenvalue weighted by molar-refractivity contribution is 5.30. The van der Waals surface area contributed by atoms with E-state index in [1.54, 1.807) is 18.3 Å². The lowest BCUT2D eigenvalue weighted by molar-refractivity contribution is 0.231. The second-order valence-electron chi connectivity index (χ2n) is 6.27. The molecule has 19 heavy (non-hydrogen) atoms. The van der Waals surface area contributed by atoms with E-state index < -0.39 is 0 Å². The fourth-order valence-corrected chi connectivity index (χ4v) is 2.71. The molecule has 0 amide bonds. The topological polar surface area (TPSA) is 50.9 Å². The molecule has 0 aliphatic rings. The van der Waals surface area contributed by atoms with Crippen molar-refractivity contribution in [2.24, 2.45) is 0 Å². The number of phenols is 1. The summed E-state index contributed by atoms with van der Waals surface area (Å²) in [5.41, 5.74) is 1.08. The van der Waals surface area contributed by atoms with Crippen LogP contribution in [0, 0.1) is 0 Å². The van der Waals surface area contributed by atoms with Crippen molar-refractivity contribution in [3.05, 3.63) is 42.2 Å². The number of hydrogen-bond acceptors (Lipinski definition) is 3. The van der Waals surface area contributed by atoms with Gasteiger partial charge in [0.15, 0.2) is 0 Å². The van der Waals surface area contributed by atoms with Crippen molar-refractivity contribution in [2.45, 2.75) is 45.1 Å². The van der Waals surface area contributed by atoms with Crippen LogP contribution in [-0.2, 0) is 11.0 Å². The normalized spacial score (nSPS) is 12.6.